The lowest BCUT2D eigenvalue weighted by Crippen LogP contribution is -2.34. The Hall–Kier alpha value is -2.75. The van der Waals surface area contributed by atoms with E-state index in [0.717, 1.165) is 28.5 Å². The first-order valence-corrected chi connectivity index (χ1v) is 11.5. The van der Waals surface area contributed by atoms with Crippen LogP contribution in [0.2, 0.25) is 0 Å². The van der Waals surface area contributed by atoms with Gasteiger partial charge in [-0.25, -0.2) is 4.68 Å². The number of thioether (sulfide) groups is 1. The SMILES string of the molecule is CSc1nnc(CCCNC(=O)Cn2nnc3ccccc3c2=O)n1C1CCCC1. The van der Waals surface area contributed by atoms with Crippen LogP contribution in [-0.4, -0.2) is 48.5 Å². The third-order valence-electron chi connectivity index (χ3n) is 5.43. The van der Waals surface area contributed by atoms with E-state index < -0.39 is 0 Å². The number of carbonyl (C=O) groups excluding carboxylic acids is 1. The minimum absolute atomic E-state index is 0.147. The van der Waals surface area contributed by atoms with Gasteiger partial charge < -0.3 is 9.88 Å². The molecule has 1 fully saturated rings. The van der Waals surface area contributed by atoms with Crippen molar-refractivity contribution < 1.29 is 4.79 Å². The lowest BCUT2D eigenvalue weighted by molar-refractivity contribution is -0.121. The maximum absolute atomic E-state index is 12.4. The van der Waals surface area contributed by atoms with Gasteiger partial charge in [0.15, 0.2) is 5.16 Å². The highest BCUT2D eigenvalue weighted by molar-refractivity contribution is 7.98. The fourth-order valence-electron chi connectivity index (χ4n) is 3.94. The van der Waals surface area contributed by atoms with E-state index in [2.05, 4.69) is 30.4 Å². The minimum atomic E-state index is -0.315. The Morgan fingerprint density at radius 1 is 1.20 bits per heavy atom. The van der Waals surface area contributed by atoms with Gasteiger partial charge in [-0.05, 0) is 37.7 Å². The first-order valence-electron chi connectivity index (χ1n) is 10.2. The zero-order chi connectivity index (χ0) is 20.9. The predicted octanol–water partition coefficient (Wildman–Crippen LogP) is 1.97. The van der Waals surface area contributed by atoms with Crippen LogP contribution in [0.25, 0.3) is 10.9 Å². The number of fused-ring (bicyclic) bond motifs is 1. The Morgan fingerprint density at radius 3 is 2.80 bits per heavy atom. The van der Waals surface area contributed by atoms with Crippen LogP contribution in [0.4, 0.5) is 0 Å². The van der Waals surface area contributed by atoms with E-state index >= 15 is 0 Å². The molecule has 2 aromatic heterocycles. The highest BCUT2D eigenvalue weighted by atomic mass is 32.2. The zero-order valence-electron chi connectivity index (χ0n) is 17.0. The van der Waals surface area contributed by atoms with E-state index in [1.165, 1.54) is 25.7 Å². The lowest BCUT2D eigenvalue weighted by Gasteiger charge is -2.16. The van der Waals surface area contributed by atoms with Crippen molar-refractivity contribution in [1.82, 2.24) is 35.1 Å². The Bertz CT molecular complexity index is 1090. The average molecular weight is 428 g/mol. The summed E-state index contributed by atoms with van der Waals surface area (Å²) in [6.07, 6.45) is 8.39. The smallest absolute Gasteiger partial charge is 0.278 e. The van der Waals surface area contributed by atoms with Gasteiger partial charge in [-0.2, -0.15) is 0 Å². The van der Waals surface area contributed by atoms with Crippen LogP contribution in [0.3, 0.4) is 0 Å². The number of carbonyl (C=O) groups is 1. The van der Waals surface area contributed by atoms with Crippen LogP contribution < -0.4 is 10.9 Å². The molecule has 1 amide bonds. The highest BCUT2D eigenvalue weighted by Crippen LogP contribution is 2.33. The van der Waals surface area contributed by atoms with Crippen molar-refractivity contribution in [2.45, 2.75) is 56.3 Å². The number of aryl methyl sites for hydroxylation is 1. The summed E-state index contributed by atoms with van der Waals surface area (Å²) >= 11 is 1.62. The second kappa shape index (κ2) is 9.38. The van der Waals surface area contributed by atoms with Crippen LogP contribution in [0, 0.1) is 0 Å². The molecule has 0 unspecified atom stereocenters. The molecule has 3 aromatic rings. The third-order valence-corrected chi connectivity index (χ3v) is 6.07. The van der Waals surface area contributed by atoms with E-state index in [1.807, 2.05) is 6.26 Å². The Kier molecular flexibility index (Phi) is 6.41. The van der Waals surface area contributed by atoms with Crippen molar-refractivity contribution in [3.8, 4) is 0 Å². The summed E-state index contributed by atoms with van der Waals surface area (Å²) < 4.78 is 3.38. The molecule has 2 heterocycles. The molecule has 1 saturated carbocycles. The number of aromatic nitrogens is 6. The van der Waals surface area contributed by atoms with E-state index in [9.17, 15) is 9.59 Å². The van der Waals surface area contributed by atoms with Crippen LogP contribution in [0.5, 0.6) is 0 Å². The Morgan fingerprint density at radius 2 is 2.00 bits per heavy atom. The normalized spacial score (nSPS) is 14.4. The number of rotatable bonds is 8. The summed E-state index contributed by atoms with van der Waals surface area (Å²) in [6, 6.07) is 7.46. The van der Waals surface area contributed by atoms with Gasteiger partial charge in [-0.1, -0.05) is 41.9 Å². The van der Waals surface area contributed by atoms with Crippen molar-refractivity contribution in [1.29, 1.82) is 0 Å². The molecule has 0 spiro atoms. The first kappa shape index (κ1) is 20.5. The van der Waals surface area contributed by atoms with Crippen molar-refractivity contribution in [3.05, 3.63) is 40.4 Å². The van der Waals surface area contributed by atoms with Crippen molar-refractivity contribution >= 4 is 28.6 Å². The molecule has 0 aliphatic heterocycles. The predicted molar refractivity (Wildman–Crippen MR) is 114 cm³/mol. The standard InChI is InChI=1S/C20H25N7O2S/c1-30-20-24-23-17(27(20)14-7-2-3-8-14)11-6-12-21-18(28)13-26-19(29)15-9-4-5-10-16(15)22-25-26/h4-5,9-10,14H,2-3,6-8,11-13H2,1H3,(H,21,28). The molecule has 1 aliphatic carbocycles. The number of hydrogen-bond acceptors (Lipinski definition) is 7. The molecular formula is C20H25N7O2S. The molecular weight excluding hydrogens is 402 g/mol. The number of benzene rings is 1. The van der Waals surface area contributed by atoms with E-state index in [0.29, 0.717) is 23.5 Å². The van der Waals surface area contributed by atoms with Gasteiger partial charge in [0.25, 0.3) is 5.56 Å². The quantitative estimate of drug-likeness (QED) is 0.432. The van der Waals surface area contributed by atoms with Crippen LogP contribution in [0.1, 0.15) is 44.0 Å². The van der Waals surface area contributed by atoms with Gasteiger partial charge in [0.1, 0.15) is 17.9 Å². The maximum atomic E-state index is 12.4. The van der Waals surface area contributed by atoms with Crippen LogP contribution >= 0.6 is 11.8 Å². The molecule has 30 heavy (non-hydrogen) atoms. The number of amides is 1. The average Bonchev–Trinajstić information content (AvgIpc) is 3.42. The molecule has 1 N–H and O–H groups in total. The summed E-state index contributed by atoms with van der Waals surface area (Å²) in [5, 5.41) is 20.8. The fraction of sp³-hybridized carbons (Fsp3) is 0.500. The summed E-state index contributed by atoms with van der Waals surface area (Å²) in [5.41, 5.74) is 0.208. The number of nitrogens with zero attached hydrogens (tertiary/aromatic N) is 6. The molecule has 1 aliphatic rings. The summed E-state index contributed by atoms with van der Waals surface area (Å²) in [6.45, 7) is 0.353. The molecule has 10 heteroatoms. The zero-order valence-corrected chi connectivity index (χ0v) is 17.8. The summed E-state index contributed by atoms with van der Waals surface area (Å²) in [4.78, 5) is 24.7. The molecule has 4 rings (SSSR count). The van der Waals surface area contributed by atoms with Gasteiger partial charge >= 0.3 is 0 Å². The van der Waals surface area contributed by atoms with Crippen molar-refractivity contribution in [3.63, 3.8) is 0 Å². The van der Waals surface area contributed by atoms with E-state index in [4.69, 9.17) is 0 Å². The second-order valence-electron chi connectivity index (χ2n) is 7.43. The number of hydrogen-bond donors (Lipinski definition) is 1. The van der Waals surface area contributed by atoms with Gasteiger partial charge in [0.2, 0.25) is 5.91 Å². The molecule has 0 atom stereocenters. The summed E-state index contributed by atoms with van der Waals surface area (Å²) in [7, 11) is 0. The Balaban J connectivity index is 1.31. The van der Waals surface area contributed by atoms with E-state index in [-0.39, 0.29) is 18.0 Å². The lowest BCUT2D eigenvalue weighted by atomic mass is 10.2. The topological polar surface area (TPSA) is 108 Å². The third kappa shape index (κ3) is 4.38. The maximum Gasteiger partial charge on any atom is 0.278 e. The van der Waals surface area contributed by atoms with Crippen molar-refractivity contribution in [2.24, 2.45) is 0 Å². The van der Waals surface area contributed by atoms with Gasteiger partial charge in [-0.3, -0.25) is 9.59 Å². The van der Waals surface area contributed by atoms with E-state index in [1.54, 1.807) is 36.0 Å². The van der Waals surface area contributed by atoms with Gasteiger partial charge in [0, 0.05) is 19.0 Å². The second-order valence-corrected chi connectivity index (χ2v) is 8.21. The minimum Gasteiger partial charge on any atom is -0.354 e. The fourth-order valence-corrected chi connectivity index (χ4v) is 4.51. The first-order chi connectivity index (χ1) is 14.7. The molecule has 158 valence electrons. The molecule has 0 radical (unpaired) electrons. The van der Waals surface area contributed by atoms with Gasteiger partial charge in [-0.15, -0.1) is 15.3 Å². The van der Waals surface area contributed by atoms with Gasteiger partial charge in [0.05, 0.1) is 5.39 Å². The molecule has 9 nitrogen and oxygen atoms in total. The molecule has 0 saturated heterocycles. The largest absolute Gasteiger partial charge is 0.354 e. The van der Waals surface area contributed by atoms with Crippen LogP contribution in [-0.2, 0) is 17.8 Å². The van der Waals surface area contributed by atoms with Crippen molar-refractivity contribution in [2.75, 3.05) is 12.8 Å². The monoisotopic (exact) mass is 427 g/mol. The Labute approximate surface area is 178 Å². The molecule has 0 bridgehead atoms. The highest BCUT2D eigenvalue weighted by Gasteiger charge is 2.23. The van der Waals surface area contributed by atoms with Crippen LogP contribution in [0.15, 0.2) is 34.2 Å². The molecule has 1 aromatic carbocycles. The summed E-state index contributed by atoms with van der Waals surface area (Å²) in [5.74, 6) is 0.723. The number of nitrogens with one attached hydrogen (secondary N) is 1.